The van der Waals surface area contributed by atoms with Gasteiger partial charge in [0.05, 0.1) is 17.0 Å². The number of nitrogen functional groups attached to an aromatic ring is 1. The molecule has 2 amide bonds. The van der Waals surface area contributed by atoms with E-state index in [4.69, 9.17) is 5.73 Å². The summed E-state index contributed by atoms with van der Waals surface area (Å²) in [6.07, 6.45) is 0. The Bertz CT molecular complexity index is 515. The van der Waals surface area contributed by atoms with Gasteiger partial charge in [-0.05, 0) is 13.0 Å². The van der Waals surface area contributed by atoms with Crippen molar-refractivity contribution in [3.05, 3.63) is 33.9 Å². The standard InChI is InChI=1S/C11H14N4O4/c1-2-13-9(16)6-14-11(17)7-4-3-5-8(10(7)12)15(18)19/h3-5H,2,6,12H2,1H3,(H,13,16)(H,14,17). The summed E-state index contributed by atoms with van der Waals surface area (Å²) in [5.41, 5.74) is 4.95. The van der Waals surface area contributed by atoms with Crippen LogP contribution in [0.2, 0.25) is 0 Å². The fraction of sp³-hybridized carbons (Fsp3) is 0.273. The van der Waals surface area contributed by atoms with Crippen LogP contribution in [0.1, 0.15) is 17.3 Å². The van der Waals surface area contributed by atoms with Gasteiger partial charge in [-0.25, -0.2) is 0 Å². The first-order valence-corrected chi connectivity index (χ1v) is 5.55. The highest BCUT2D eigenvalue weighted by Crippen LogP contribution is 2.24. The summed E-state index contributed by atoms with van der Waals surface area (Å²) < 4.78 is 0. The molecule has 8 heteroatoms. The molecule has 1 rings (SSSR count). The number of carbonyl (C=O) groups excluding carboxylic acids is 2. The number of nitrogens with two attached hydrogens (primary N) is 1. The second kappa shape index (κ2) is 6.34. The fourth-order valence-electron chi connectivity index (χ4n) is 1.43. The van der Waals surface area contributed by atoms with E-state index in [0.717, 1.165) is 0 Å². The van der Waals surface area contributed by atoms with Gasteiger partial charge in [-0.3, -0.25) is 19.7 Å². The van der Waals surface area contributed by atoms with Gasteiger partial charge in [0, 0.05) is 12.6 Å². The molecule has 0 saturated heterocycles. The van der Waals surface area contributed by atoms with Gasteiger partial charge in [-0.15, -0.1) is 0 Å². The van der Waals surface area contributed by atoms with Gasteiger partial charge in [0.15, 0.2) is 0 Å². The van der Waals surface area contributed by atoms with Crippen molar-refractivity contribution in [1.82, 2.24) is 10.6 Å². The number of nitrogens with zero attached hydrogens (tertiary/aromatic N) is 1. The molecule has 0 aromatic heterocycles. The van der Waals surface area contributed by atoms with Crippen molar-refractivity contribution in [2.75, 3.05) is 18.8 Å². The number of benzene rings is 1. The minimum atomic E-state index is -0.671. The molecule has 0 saturated carbocycles. The highest BCUT2D eigenvalue weighted by Gasteiger charge is 2.19. The second-order valence-corrected chi connectivity index (χ2v) is 3.63. The lowest BCUT2D eigenvalue weighted by atomic mass is 10.1. The first kappa shape index (κ1) is 14.4. The SMILES string of the molecule is CCNC(=O)CNC(=O)c1cccc([N+](=O)[O-])c1N. The van der Waals surface area contributed by atoms with Crippen molar-refractivity contribution in [2.24, 2.45) is 0 Å². The molecule has 0 aliphatic rings. The van der Waals surface area contributed by atoms with E-state index in [0.29, 0.717) is 6.54 Å². The monoisotopic (exact) mass is 266 g/mol. The first-order valence-electron chi connectivity index (χ1n) is 5.55. The van der Waals surface area contributed by atoms with E-state index < -0.39 is 10.8 Å². The number of hydrogen-bond donors (Lipinski definition) is 3. The zero-order chi connectivity index (χ0) is 14.4. The Balaban J connectivity index is 2.80. The van der Waals surface area contributed by atoms with Crippen LogP contribution in [-0.4, -0.2) is 29.8 Å². The van der Waals surface area contributed by atoms with E-state index in [9.17, 15) is 19.7 Å². The van der Waals surface area contributed by atoms with Crippen LogP contribution in [-0.2, 0) is 4.79 Å². The van der Waals surface area contributed by atoms with Gasteiger partial charge < -0.3 is 16.4 Å². The summed E-state index contributed by atoms with van der Waals surface area (Å²) in [5, 5.41) is 15.5. The molecule has 1 aromatic rings. The van der Waals surface area contributed by atoms with Crippen LogP contribution >= 0.6 is 0 Å². The molecule has 0 aliphatic carbocycles. The number of amides is 2. The lowest BCUT2D eigenvalue weighted by Gasteiger charge is -2.07. The number of likely N-dealkylation sites (N-methyl/N-ethyl adjacent to an activating group) is 1. The van der Waals surface area contributed by atoms with Crippen molar-refractivity contribution in [3.8, 4) is 0 Å². The maximum atomic E-state index is 11.8. The molecule has 0 unspecified atom stereocenters. The normalized spacial score (nSPS) is 9.74. The van der Waals surface area contributed by atoms with Gasteiger partial charge in [0.1, 0.15) is 5.69 Å². The molecular weight excluding hydrogens is 252 g/mol. The van der Waals surface area contributed by atoms with Crippen LogP contribution in [0.5, 0.6) is 0 Å². The van der Waals surface area contributed by atoms with Crippen LogP contribution in [0.25, 0.3) is 0 Å². The van der Waals surface area contributed by atoms with E-state index in [1.807, 2.05) is 0 Å². The molecule has 102 valence electrons. The van der Waals surface area contributed by atoms with Gasteiger partial charge in [-0.2, -0.15) is 0 Å². The minimum Gasteiger partial charge on any atom is -0.393 e. The number of anilines is 1. The number of rotatable bonds is 5. The summed E-state index contributed by atoms with van der Waals surface area (Å²) in [6, 6.07) is 3.92. The molecule has 0 fully saturated rings. The Hall–Kier alpha value is -2.64. The first-order chi connectivity index (χ1) is 8.97. The Morgan fingerprint density at radius 2 is 2.05 bits per heavy atom. The van der Waals surface area contributed by atoms with E-state index in [-0.39, 0.29) is 29.4 Å². The summed E-state index contributed by atoms with van der Waals surface area (Å²) in [7, 11) is 0. The third-order valence-electron chi connectivity index (χ3n) is 2.31. The smallest absolute Gasteiger partial charge is 0.292 e. The van der Waals surface area contributed by atoms with Gasteiger partial charge in [0.2, 0.25) is 5.91 Å². The van der Waals surface area contributed by atoms with Crippen molar-refractivity contribution >= 4 is 23.2 Å². The largest absolute Gasteiger partial charge is 0.393 e. The zero-order valence-electron chi connectivity index (χ0n) is 10.3. The molecule has 0 radical (unpaired) electrons. The van der Waals surface area contributed by atoms with E-state index in [1.54, 1.807) is 6.92 Å². The molecule has 19 heavy (non-hydrogen) atoms. The number of carbonyl (C=O) groups is 2. The fourth-order valence-corrected chi connectivity index (χ4v) is 1.43. The third kappa shape index (κ3) is 3.66. The summed E-state index contributed by atoms with van der Waals surface area (Å²) in [4.78, 5) is 32.9. The van der Waals surface area contributed by atoms with Crippen molar-refractivity contribution in [3.63, 3.8) is 0 Å². The number of nitrogens with one attached hydrogen (secondary N) is 2. The number of hydrogen-bond acceptors (Lipinski definition) is 5. The lowest BCUT2D eigenvalue weighted by molar-refractivity contribution is -0.383. The third-order valence-corrected chi connectivity index (χ3v) is 2.31. The van der Waals surface area contributed by atoms with Crippen molar-refractivity contribution in [1.29, 1.82) is 0 Å². The topological polar surface area (TPSA) is 127 Å². The molecule has 1 aromatic carbocycles. The molecule has 0 spiro atoms. The number of para-hydroxylation sites is 1. The Morgan fingerprint density at radius 3 is 2.63 bits per heavy atom. The number of nitro benzene ring substituents is 1. The van der Waals surface area contributed by atoms with Gasteiger partial charge in [0.25, 0.3) is 11.6 Å². The van der Waals surface area contributed by atoms with E-state index in [2.05, 4.69) is 10.6 Å². The van der Waals surface area contributed by atoms with E-state index >= 15 is 0 Å². The minimum absolute atomic E-state index is 0.0292. The zero-order valence-corrected chi connectivity index (χ0v) is 10.3. The van der Waals surface area contributed by atoms with Crippen LogP contribution in [0.3, 0.4) is 0 Å². The van der Waals surface area contributed by atoms with Crippen LogP contribution in [0.15, 0.2) is 18.2 Å². The Labute approximate surface area is 109 Å². The van der Waals surface area contributed by atoms with Gasteiger partial charge in [-0.1, -0.05) is 6.07 Å². The predicted molar refractivity (Wildman–Crippen MR) is 68.5 cm³/mol. The van der Waals surface area contributed by atoms with Crippen LogP contribution < -0.4 is 16.4 Å². The van der Waals surface area contributed by atoms with Crippen molar-refractivity contribution in [2.45, 2.75) is 6.92 Å². The molecular formula is C11H14N4O4. The van der Waals surface area contributed by atoms with Crippen molar-refractivity contribution < 1.29 is 14.5 Å². The molecule has 0 aliphatic heterocycles. The average molecular weight is 266 g/mol. The molecule has 4 N–H and O–H groups in total. The summed E-state index contributed by atoms with van der Waals surface area (Å²) in [5.74, 6) is -0.979. The second-order valence-electron chi connectivity index (χ2n) is 3.63. The van der Waals surface area contributed by atoms with Crippen LogP contribution in [0, 0.1) is 10.1 Å². The summed E-state index contributed by atoms with van der Waals surface area (Å²) >= 11 is 0. The lowest BCUT2D eigenvalue weighted by Crippen LogP contribution is -2.37. The molecule has 0 atom stereocenters. The molecule has 0 heterocycles. The highest BCUT2D eigenvalue weighted by molar-refractivity contribution is 6.02. The maximum absolute atomic E-state index is 11.8. The molecule has 0 bridgehead atoms. The summed E-state index contributed by atoms with van der Waals surface area (Å²) in [6.45, 7) is 1.99. The average Bonchev–Trinajstić information content (AvgIpc) is 2.36. The predicted octanol–water partition coefficient (Wildman–Crippen LogP) is 0.0429. The Kier molecular flexibility index (Phi) is 4.81. The number of nitro groups is 1. The Morgan fingerprint density at radius 1 is 1.37 bits per heavy atom. The quantitative estimate of drug-likeness (QED) is 0.394. The maximum Gasteiger partial charge on any atom is 0.292 e. The van der Waals surface area contributed by atoms with Gasteiger partial charge >= 0.3 is 0 Å². The molecule has 8 nitrogen and oxygen atoms in total. The van der Waals surface area contributed by atoms with Crippen LogP contribution in [0.4, 0.5) is 11.4 Å². The highest BCUT2D eigenvalue weighted by atomic mass is 16.6. The van der Waals surface area contributed by atoms with E-state index in [1.165, 1.54) is 18.2 Å².